The van der Waals surface area contributed by atoms with Crippen molar-refractivity contribution in [3.63, 3.8) is 0 Å². The summed E-state index contributed by atoms with van der Waals surface area (Å²) in [5.74, 6) is 1.29. The van der Waals surface area contributed by atoms with Gasteiger partial charge in [0.1, 0.15) is 11.5 Å². The van der Waals surface area contributed by atoms with Crippen molar-refractivity contribution < 1.29 is 8.62 Å². The molecule has 20 heavy (non-hydrogen) atoms. The first-order valence-electron chi connectivity index (χ1n) is 6.18. The normalized spacial score (nSPS) is 10.8. The van der Waals surface area contributed by atoms with Gasteiger partial charge in [-0.15, -0.1) is 0 Å². The van der Waals surface area contributed by atoms with E-state index in [1.54, 1.807) is 24.3 Å². The highest BCUT2D eigenvalue weighted by Gasteiger charge is 2.09. The predicted octanol–water partition coefficient (Wildman–Crippen LogP) is 4.10. The number of para-hydroxylation sites is 2. The third-order valence-electron chi connectivity index (χ3n) is 2.75. The summed E-state index contributed by atoms with van der Waals surface area (Å²) < 4.78 is 18.6. The molecular weight excluding hydrogens is 275 g/mol. The molecule has 0 saturated heterocycles. The Balaban J connectivity index is 2.33. The predicted molar refractivity (Wildman–Crippen MR) is 81.7 cm³/mol. The molecule has 2 rings (SSSR count). The summed E-state index contributed by atoms with van der Waals surface area (Å²) in [6.07, 6.45) is 0. The van der Waals surface area contributed by atoms with E-state index in [1.165, 1.54) is 0 Å². The van der Waals surface area contributed by atoms with Crippen molar-refractivity contribution in [2.24, 2.45) is 0 Å². The first kappa shape index (κ1) is 14.7. The number of nitrogens with zero attached hydrogens (tertiary/aromatic N) is 1. The lowest BCUT2D eigenvalue weighted by Crippen LogP contribution is -2.11. The summed E-state index contributed by atoms with van der Waals surface area (Å²) in [5, 5.41) is 0. The average molecular weight is 292 g/mol. The van der Waals surface area contributed by atoms with Gasteiger partial charge in [-0.25, -0.2) is 0 Å². The van der Waals surface area contributed by atoms with E-state index in [2.05, 4.69) is 0 Å². The van der Waals surface area contributed by atoms with Crippen LogP contribution in [0.25, 0.3) is 0 Å². The Kier molecular flexibility index (Phi) is 4.87. The molecule has 0 bridgehead atoms. The highest BCUT2D eigenvalue weighted by Crippen LogP contribution is 2.32. The molecule has 0 atom stereocenters. The molecule has 0 aromatic heterocycles. The van der Waals surface area contributed by atoms with Crippen molar-refractivity contribution in [2.45, 2.75) is 11.4 Å². The maximum Gasteiger partial charge on any atom is 0.150 e. The molecule has 2 aromatic rings. The molecular formula is C15H17FN2OS. The van der Waals surface area contributed by atoms with E-state index < -0.39 is 0 Å². The minimum Gasteiger partial charge on any atom is -0.455 e. The number of benzene rings is 2. The molecule has 0 aliphatic carbocycles. The molecule has 2 N–H and O–H groups in total. The standard InChI is InChI=1S/C15H17FN2OS/c1-18(2)10-11-9-12(20-16)7-8-14(11)19-15-6-4-3-5-13(15)17/h3-9H,10,17H2,1-2H3. The van der Waals surface area contributed by atoms with Crippen molar-refractivity contribution >= 4 is 17.8 Å². The minimum atomic E-state index is 0.229. The van der Waals surface area contributed by atoms with Crippen molar-refractivity contribution in [3.8, 4) is 11.5 Å². The van der Waals surface area contributed by atoms with Crippen LogP contribution in [-0.2, 0) is 6.54 Å². The highest BCUT2D eigenvalue weighted by molar-refractivity contribution is 7.94. The fourth-order valence-electron chi connectivity index (χ4n) is 1.86. The first-order chi connectivity index (χ1) is 9.60. The number of halogens is 1. The minimum absolute atomic E-state index is 0.229. The van der Waals surface area contributed by atoms with Gasteiger partial charge in [0.15, 0.2) is 0 Å². The van der Waals surface area contributed by atoms with Gasteiger partial charge in [-0.05, 0) is 44.4 Å². The number of rotatable bonds is 5. The number of hydrogen-bond acceptors (Lipinski definition) is 4. The number of ether oxygens (including phenoxy) is 1. The van der Waals surface area contributed by atoms with E-state index >= 15 is 0 Å². The Bertz CT molecular complexity index is 590. The third kappa shape index (κ3) is 3.65. The topological polar surface area (TPSA) is 38.5 Å². The van der Waals surface area contributed by atoms with E-state index in [4.69, 9.17) is 10.5 Å². The second-order valence-corrected chi connectivity index (χ2v) is 5.35. The Morgan fingerprint density at radius 2 is 1.90 bits per heavy atom. The molecule has 5 heteroatoms. The maximum atomic E-state index is 12.7. The van der Waals surface area contributed by atoms with Gasteiger partial charge in [0.2, 0.25) is 0 Å². The zero-order chi connectivity index (χ0) is 14.5. The fourth-order valence-corrected chi connectivity index (χ4v) is 2.17. The lowest BCUT2D eigenvalue weighted by Gasteiger charge is -2.16. The van der Waals surface area contributed by atoms with Gasteiger partial charge in [0.25, 0.3) is 0 Å². The second kappa shape index (κ2) is 6.63. The van der Waals surface area contributed by atoms with Crippen LogP contribution in [0, 0.1) is 0 Å². The van der Waals surface area contributed by atoms with Gasteiger partial charge in [0.05, 0.1) is 17.8 Å². The Morgan fingerprint density at radius 1 is 1.15 bits per heavy atom. The van der Waals surface area contributed by atoms with Crippen LogP contribution < -0.4 is 10.5 Å². The van der Waals surface area contributed by atoms with Crippen LogP contribution in [0.5, 0.6) is 11.5 Å². The molecule has 0 amide bonds. The van der Waals surface area contributed by atoms with Crippen molar-refractivity contribution in [2.75, 3.05) is 19.8 Å². The number of anilines is 1. The average Bonchev–Trinajstić information content (AvgIpc) is 2.42. The number of nitrogens with two attached hydrogens (primary N) is 1. The maximum absolute atomic E-state index is 12.7. The summed E-state index contributed by atoms with van der Waals surface area (Å²) in [6, 6.07) is 12.6. The Morgan fingerprint density at radius 3 is 2.55 bits per heavy atom. The van der Waals surface area contributed by atoms with Crippen molar-refractivity contribution in [1.29, 1.82) is 0 Å². The van der Waals surface area contributed by atoms with Crippen molar-refractivity contribution in [3.05, 3.63) is 48.0 Å². The molecule has 0 unspecified atom stereocenters. The summed E-state index contributed by atoms with van der Waals surface area (Å²) in [6.45, 7) is 0.663. The van der Waals surface area contributed by atoms with E-state index in [-0.39, 0.29) is 12.1 Å². The van der Waals surface area contributed by atoms with Crippen LogP contribution >= 0.6 is 12.1 Å². The third-order valence-corrected chi connectivity index (χ3v) is 3.18. The van der Waals surface area contributed by atoms with Gasteiger partial charge in [0, 0.05) is 17.0 Å². The van der Waals surface area contributed by atoms with Crippen LogP contribution in [0.3, 0.4) is 0 Å². The fraction of sp³-hybridized carbons (Fsp3) is 0.200. The molecule has 0 radical (unpaired) electrons. The molecule has 0 spiro atoms. The summed E-state index contributed by atoms with van der Waals surface area (Å²) in [7, 11) is 3.91. The molecule has 3 nitrogen and oxygen atoms in total. The zero-order valence-corrected chi connectivity index (χ0v) is 12.3. The Labute approximate surface area is 122 Å². The highest BCUT2D eigenvalue weighted by atomic mass is 32.2. The van der Waals surface area contributed by atoms with Crippen molar-refractivity contribution in [1.82, 2.24) is 4.90 Å². The van der Waals surface area contributed by atoms with Crippen LogP contribution in [-0.4, -0.2) is 19.0 Å². The van der Waals surface area contributed by atoms with E-state index in [0.717, 1.165) is 5.56 Å². The lowest BCUT2D eigenvalue weighted by atomic mass is 10.2. The van der Waals surface area contributed by atoms with Crippen LogP contribution in [0.15, 0.2) is 47.4 Å². The summed E-state index contributed by atoms with van der Waals surface area (Å²) in [5.41, 5.74) is 7.37. The molecule has 0 aliphatic heterocycles. The van der Waals surface area contributed by atoms with Gasteiger partial charge >= 0.3 is 0 Å². The smallest absolute Gasteiger partial charge is 0.150 e. The molecule has 0 saturated carbocycles. The number of nitrogen functional groups attached to an aromatic ring is 1. The summed E-state index contributed by atoms with van der Waals surface area (Å²) in [4.78, 5) is 2.57. The molecule has 2 aromatic carbocycles. The van der Waals surface area contributed by atoms with Gasteiger partial charge < -0.3 is 15.4 Å². The van der Waals surface area contributed by atoms with Crippen LogP contribution in [0.4, 0.5) is 9.57 Å². The van der Waals surface area contributed by atoms with Gasteiger partial charge in [-0.1, -0.05) is 12.1 Å². The van der Waals surface area contributed by atoms with Gasteiger partial charge in [-0.3, -0.25) is 0 Å². The molecule has 0 heterocycles. The van der Waals surface area contributed by atoms with E-state index in [9.17, 15) is 3.89 Å². The quantitative estimate of drug-likeness (QED) is 0.842. The van der Waals surface area contributed by atoms with Crippen LogP contribution in [0.1, 0.15) is 5.56 Å². The largest absolute Gasteiger partial charge is 0.455 e. The second-order valence-electron chi connectivity index (χ2n) is 4.72. The number of hydrogen-bond donors (Lipinski definition) is 1. The first-order valence-corrected chi connectivity index (χ1v) is 6.90. The molecule has 0 aliphatic rings. The van der Waals surface area contributed by atoms with E-state index in [0.29, 0.717) is 28.6 Å². The van der Waals surface area contributed by atoms with E-state index in [1.807, 2.05) is 37.2 Å². The molecule has 106 valence electrons. The SMILES string of the molecule is CN(C)Cc1cc(SF)ccc1Oc1ccccc1N. The van der Waals surface area contributed by atoms with Crippen LogP contribution in [0.2, 0.25) is 0 Å². The lowest BCUT2D eigenvalue weighted by molar-refractivity contribution is 0.388. The monoisotopic (exact) mass is 292 g/mol. The molecule has 0 fully saturated rings. The zero-order valence-electron chi connectivity index (χ0n) is 11.5. The Hall–Kier alpha value is -1.72. The summed E-state index contributed by atoms with van der Waals surface area (Å²) >= 11 is 0.229. The van der Waals surface area contributed by atoms with Gasteiger partial charge in [-0.2, -0.15) is 3.89 Å².